The maximum Gasteiger partial charge on any atom is 0.145 e. The molecule has 8 heavy (non-hydrogen) atoms. The van der Waals surface area contributed by atoms with E-state index < -0.39 is 0 Å². The Morgan fingerprint density at radius 3 is 3.00 bits per heavy atom. The highest BCUT2D eigenvalue weighted by atomic mass is 16.1. The van der Waals surface area contributed by atoms with E-state index in [0.29, 0.717) is 5.70 Å². The van der Waals surface area contributed by atoms with Crippen molar-refractivity contribution in [3.63, 3.8) is 0 Å². The summed E-state index contributed by atoms with van der Waals surface area (Å²) in [6.07, 6.45) is 3.91. The highest BCUT2D eigenvalue weighted by Crippen LogP contribution is 2.04. The van der Waals surface area contributed by atoms with Crippen LogP contribution in [0.1, 0.15) is 12.8 Å². The second-order valence-corrected chi connectivity index (χ2v) is 1.79. The first kappa shape index (κ1) is 5.39. The number of hydrogen-bond acceptors (Lipinski definition) is 2. The molecular weight excluding hydrogens is 102 g/mol. The Kier molecular flexibility index (Phi) is 1.70. The van der Waals surface area contributed by atoms with Crippen LogP contribution >= 0.6 is 0 Å². The maximum absolute atomic E-state index is 9.92. The Morgan fingerprint density at radius 2 is 2.62 bits per heavy atom. The lowest BCUT2D eigenvalue weighted by atomic mass is 10.1. The summed E-state index contributed by atoms with van der Waals surface area (Å²) in [6.45, 7) is 0.893. The summed E-state index contributed by atoms with van der Waals surface area (Å²) in [7, 11) is 0. The molecule has 0 spiro atoms. The van der Waals surface area contributed by atoms with Gasteiger partial charge in [-0.1, -0.05) is 0 Å². The van der Waals surface area contributed by atoms with E-state index in [-0.39, 0.29) is 0 Å². The summed E-state index contributed by atoms with van der Waals surface area (Å²) >= 11 is 0. The van der Waals surface area contributed by atoms with Gasteiger partial charge >= 0.3 is 0 Å². The van der Waals surface area contributed by atoms with Gasteiger partial charge in [0.1, 0.15) is 5.94 Å². The first-order valence-electron chi connectivity index (χ1n) is 2.73. The van der Waals surface area contributed by atoms with E-state index in [2.05, 4.69) is 11.7 Å². The highest BCUT2D eigenvalue weighted by Gasteiger charge is 2.02. The van der Waals surface area contributed by atoms with Gasteiger partial charge in [-0.2, -0.15) is 0 Å². The Morgan fingerprint density at radius 1 is 1.75 bits per heavy atom. The van der Waals surface area contributed by atoms with Crippen molar-refractivity contribution < 1.29 is 4.79 Å². The van der Waals surface area contributed by atoms with Gasteiger partial charge in [-0.25, -0.2) is 4.79 Å². The molecule has 2 nitrogen and oxygen atoms in total. The van der Waals surface area contributed by atoms with Crippen LogP contribution in [0.25, 0.3) is 0 Å². The van der Waals surface area contributed by atoms with Gasteiger partial charge in [0, 0.05) is 13.0 Å². The van der Waals surface area contributed by atoms with Crippen LogP contribution in [0.15, 0.2) is 5.70 Å². The third kappa shape index (κ3) is 1.11. The minimum Gasteiger partial charge on any atom is -0.379 e. The van der Waals surface area contributed by atoms with Crippen LogP contribution in [-0.2, 0) is 4.79 Å². The van der Waals surface area contributed by atoms with Gasteiger partial charge in [-0.05, 0) is 12.8 Å². The zero-order chi connectivity index (χ0) is 5.82. The first-order chi connectivity index (χ1) is 3.93. The third-order valence-electron chi connectivity index (χ3n) is 1.16. The molecular formula is C6H8NO. The number of piperidine rings is 1. The van der Waals surface area contributed by atoms with Gasteiger partial charge in [-0.3, -0.25) is 0 Å². The molecule has 0 aromatic rings. The van der Waals surface area contributed by atoms with Crippen LogP contribution in [0, 0.1) is 6.42 Å². The lowest BCUT2D eigenvalue weighted by Crippen LogP contribution is -2.20. The summed E-state index contributed by atoms with van der Waals surface area (Å²) in [5.74, 6) is 1.83. The van der Waals surface area contributed by atoms with E-state index in [1.165, 1.54) is 0 Å². The molecule has 1 aliphatic heterocycles. The number of nitrogens with one attached hydrogen (secondary N) is 1. The quantitative estimate of drug-likeness (QED) is 0.454. The number of rotatable bonds is 0. The smallest absolute Gasteiger partial charge is 0.145 e. The minimum absolute atomic E-state index is 0.691. The molecule has 1 fully saturated rings. The van der Waals surface area contributed by atoms with E-state index in [4.69, 9.17) is 0 Å². The average Bonchev–Trinajstić information content (AvgIpc) is 1.90. The van der Waals surface area contributed by atoms with E-state index in [1.807, 2.05) is 5.94 Å². The molecule has 0 bridgehead atoms. The summed E-state index contributed by atoms with van der Waals surface area (Å²) in [5, 5.41) is 2.93. The summed E-state index contributed by atoms with van der Waals surface area (Å²) < 4.78 is 0. The van der Waals surface area contributed by atoms with E-state index in [0.717, 1.165) is 19.4 Å². The standard InChI is InChI=1S/C6H8NO/c8-5-6-3-1-2-4-7-6/h1,7H,2-4H2. The number of hydrogen-bond donors (Lipinski definition) is 1. The van der Waals surface area contributed by atoms with Crippen molar-refractivity contribution in [1.29, 1.82) is 0 Å². The minimum atomic E-state index is 0.691. The molecule has 1 aliphatic rings. The topological polar surface area (TPSA) is 29.1 Å². The van der Waals surface area contributed by atoms with Crippen LogP contribution in [0.4, 0.5) is 0 Å². The Bertz CT molecular complexity index is 116. The van der Waals surface area contributed by atoms with Crippen molar-refractivity contribution in [2.24, 2.45) is 0 Å². The van der Waals surface area contributed by atoms with Crippen LogP contribution in [0.2, 0.25) is 0 Å². The van der Waals surface area contributed by atoms with Crippen molar-refractivity contribution in [2.45, 2.75) is 12.8 Å². The number of allylic oxidation sites excluding steroid dienone is 1. The molecule has 0 amide bonds. The molecule has 1 N–H and O–H groups in total. The Balaban J connectivity index is 2.45. The van der Waals surface area contributed by atoms with Crippen LogP contribution in [-0.4, -0.2) is 12.5 Å². The van der Waals surface area contributed by atoms with E-state index in [9.17, 15) is 4.79 Å². The maximum atomic E-state index is 9.92. The second-order valence-electron chi connectivity index (χ2n) is 1.79. The van der Waals surface area contributed by atoms with Crippen molar-refractivity contribution in [2.75, 3.05) is 6.54 Å². The fourth-order valence-corrected chi connectivity index (χ4v) is 0.721. The van der Waals surface area contributed by atoms with Gasteiger partial charge < -0.3 is 5.32 Å². The molecule has 0 unspecified atom stereocenters. The molecule has 0 saturated carbocycles. The van der Waals surface area contributed by atoms with Gasteiger partial charge in [0.15, 0.2) is 0 Å². The zero-order valence-corrected chi connectivity index (χ0v) is 4.61. The third-order valence-corrected chi connectivity index (χ3v) is 1.16. The van der Waals surface area contributed by atoms with Gasteiger partial charge in [-0.15, -0.1) is 0 Å². The molecule has 0 aliphatic carbocycles. The lowest BCUT2D eigenvalue weighted by molar-refractivity contribution is 0.560. The molecule has 1 heterocycles. The largest absolute Gasteiger partial charge is 0.379 e. The van der Waals surface area contributed by atoms with Gasteiger partial charge in [0.25, 0.3) is 0 Å². The lowest BCUT2D eigenvalue weighted by Gasteiger charge is -2.11. The molecule has 0 atom stereocenters. The molecule has 0 aromatic carbocycles. The van der Waals surface area contributed by atoms with Crippen LogP contribution in [0.3, 0.4) is 0 Å². The number of carbonyl (C=O) groups excluding carboxylic acids is 1. The molecule has 2 heteroatoms. The van der Waals surface area contributed by atoms with Crippen LogP contribution < -0.4 is 5.32 Å². The fourth-order valence-electron chi connectivity index (χ4n) is 0.721. The molecule has 1 saturated heterocycles. The molecule has 1 radical (unpaired) electrons. The average molecular weight is 110 g/mol. The zero-order valence-electron chi connectivity index (χ0n) is 4.61. The normalized spacial score (nSPS) is 19.2. The summed E-state index contributed by atoms with van der Waals surface area (Å²) in [6, 6.07) is 0. The monoisotopic (exact) mass is 110 g/mol. The molecule has 43 valence electrons. The first-order valence-corrected chi connectivity index (χ1v) is 2.73. The van der Waals surface area contributed by atoms with Crippen molar-refractivity contribution in [3.8, 4) is 0 Å². The molecule has 1 rings (SSSR count). The highest BCUT2D eigenvalue weighted by molar-refractivity contribution is 5.52. The summed E-state index contributed by atoms with van der Waals surface area (Å²) in [5.41, 5.74) is 0.691. The van der Waals surface area contributed by atoms with Crippen molar-refractivity contribution in [3.05, 3.63) is 12.1 Å². The van der Waals surface area contributed by atoms with Crippen LogP contribution in [0.5, 0.6) is 0 Å². The van der Waals surface area contributed by atoms with Crippen molar-refractivity contribution >= 4 is 5.94 Å². The van der Waals surface area contributed by atoms with E-state index >= 15 is 0 Å². The Hall–Kier alpha value is -0.750. The van der Waals surface area contributed by atoms with Gasteiger partial charge in [0.05, 0.1) is 5.70 Å². The predicted octanol–water partition coefficient (Wildman–Crippen LogP) is 0.290. The van der Waals surface area contributed by atoms with Crippen molar-refractivity contribution in [1.82, 2.24) is 5.32 Å². The predicted molar refractivity (Wildman–Crippen MR) is 30.7 cm³/mol. The second kappa shape index (κ2) is 2.53. The van der Waals surface area contributed by atoms with Gasteiger partial charge in [0.2, 0.25) is 0 Å². The molecule has 0 aromatic heterocycles. The van der Waals surface area contributed by atoms with E-state index in [1.54, 1.807) is 0 Å². The summed E-state index contributed by atoms with van der Waals surface area (Å²) in [4.78, 5) is 9.92. The fraction of sp³-hybridized carbons (Fsp3) is 0.500. The SMILES string of the molecule is O=C=C1C[CH]CCN1. The Labute approximate surface area is 48.6 Å².